The number of fused-ring (bicyclic) bond motifs is 2. The molecule has 4 rings (SSSR count). The average molecular weight is 388 g/mol. The van der Waals surface area contributed by atoms with Crippen molar-refractivity contribution in [2.24, 2.45) is 29.4 Å². The number of halogens is 1. The van der Waals surface area contributed by atoms with Crippen LogP contribution in [-0.2, 0) is 4.79 Å². The average Bonchev–Trinajstić information content (AvgIpc) is 3.27. The second kappa shape index (κ2) is 8.07. The summed E-state index contributed by atoms with van der Waals surface area (Å²) in [6, 6.07) is 5.46. The number of carbonyl (C=O) groups excluding carboxylic acids is 2. The van der Waals surface area contributed by atoms with Crippen LogP contribution in [0.15, 0.2) is 24.3 Å². The van der Waals surface area contributed by atoms with Gasteiger partial charge in [-0.05, 0) is 68.1 Å². The van der Waals surface area contributed by atoms with Crippen LogP contribution in [0.5, 0.6) is 0 Å². The van der Waals surface area contributed by atoms with Gasteiger partial charge in [0.15, 0.2) is 0 Å². The number of piperidine rings is 1. The van der Waals surface area contributed by atoms with Crippen molar-refractivity contribution in [3.8, 4) is 0 Å². The maximum absolute atomic E-state index is 13.2. The zero-order valence-electron chi connectivity index (χ0n) is 16.1. The zero-order valence-corrected chi connectivity index (χ0v) is 16.1. The number of nitrogens with zero attached hydrogens (tertiary/aromatic N) is 1. The lowest BCUT2D eigenvalue weighted by Gasteiger charge is -2.37. The van der Waals surface area contributed by atoms with Crippen molar-refractivity contribution in [1.82, 2.24) is 10.2 Å². The highest BCUT2D eigenvalue weighted by molar-refractivity contribution is 5.89. The second-order valence-corrected chi connectivity index (χ2v) is 8.57. The molecule has 28 heavy (non-hydrogen) atoms. The zero-order chi connectivity index (χ0) is 19.7. The first-order chi connectivity index (χ1) is 13.5. The maximum Gasteiger partial charge on any atom is 0.319 e. The molecule has 3 fully saturated rings. The van der Waals surface area contributed by atoms with E-state index in [0.29, 0.717) is 30.6 Å². The molecule has 2 bridgehead atoms. The van der Waals surface area contributed by atoms with Crippen molar-refractivity contribution in [1.29, 1.82) is 0 Å². The van der Waals surface area contributed by atoms with Gasteiger partial charge in [-0.2, -0.15) is 0 Å². The Hall–Kier alpha value is -2.15. The highest BCUT2D eigenvalue weighted by atomic mass is 19.1. The van der Waals surface area contributed by atoms with Gasteiger partial charge in [-0.15, -0.1) is 0 Å². The molecule has 1 heterocycles. The summed E-state index contributed by atoms with van der Waals surface area (Å²) in [5.74, 6) is 1.02. The van der Waals surface area contributed by atoms with E-state index in [2.05, 4.69) is 10.6 Å². The molecule has 5 unspecified atom stereocenters. The minimum absolute atomic E-state index is 0.0123. The molecule has 2 aliphatic carbocycles. The first-order valence-corrected chi connectivity index (χ1v) is 10.4. The van der Waals surface area contributed by atoms with Crippen LogP contribution in [0.1, 0.15) is 32.1 Å². The maximum atomic E-state index is 13.2. The van der Waals surface area contributed by atoms with Crippen molar-refractivity contribution in [3.05, 3.63) is 30.1 Å². The highest BCUT2D eigenvalue weighted by Crippen LogP contribution is 2.48. The van der Waals surface area contributed by atoms with Crippen LogP contribution in [0.2, 0.25) is 0 Å². The quantitative estimate of drug-likeness (QED) is 0.741. The molecule has 1 saturated heterocycles. The number of carbonyl (C=O) groups is 2. The third-order valence-corrected chi connectivity index (χ3v) is 6.73. The van der Waals surface area contributed by atoms with Gasteiger partial charge in [0.05, 0.1) is 5.92 Å². The van der Waals surface area contributed by atoms with Gasteiger partial charge in [0.1, 0.15) is 5.82 Å². The number of benzene rings is 1. The molecular formula is C21H29FN4O2. The first kappa shape index (κ1) is 19.2. The summed E-state index contributed by atoms with van der Waals surface area (Å²) >= 11 is 0. The smallest absolute Gasteiger partial charge is 0.319 e. The lowest BCUT2D eigenvalue weighted by atomic mass is 9.83. The Morgan fingerprint density at radius 2 is 2.04 bits per heavy atom. The highest BCUT2D eigenvalue weighted by Gasteiger charge is 2.50. The molecule has 0 radical (unpaired) electrons. The standard InChI is InChI=1S/C21H29FN4O2/c22-16-4-1-5-17(10-16)25-21(28)24-11-13-3-2-8-26(12-13)20(27)18-14-6-7-15(9-14)19(18)23/h1,4-5,10,13-15,18-19H,2-3,6-9,11-12,23H2,(H2,24,25,28). The van der Waals surface area contributed by atoms with E-state index in [1.807, 2.05) is 4.90 Å². The fraction of sp³-hybridized carbons (Fsp3) is 0.619. The first-order valence-electron chi connectivity index (χ1n) is 10.4. The molecule has 152 valence electrons. The molecule has 3 amide bonds. The minimum atomic E-state index is -0.391. The number of likely N-dealkylation sites (tertiary alicyclic amines) is 1. The summed E-state index contributed by atoms with van der Waals surface area (Å²) in [6.45, 7) is 1.94. The predicted molar refractivity (Wildman–Crippen MR) is 105 cm³/mol. The van der Waals surface area contributed by atoms with Crippen LogP contribution < -0.4 is 16.4 Å². The SMILES string of the molecule is NC1C2CCC(C2)C1C(=O)N1CCCC(CNC(=O)Nc2cccc(F)c2)C1. The normalized spacial score (nSPS) is 31.6. The van der Waals surface area contributed by atoms with E-state index in [9.17, 15) is 14.0 Å². The fourth-order valence-corrected chi connectivity index (χ4v) is 5.32. The molecule has 4 N–H and O–H groups in total. The summed E-state index contributed by atoms with van der Waals surface area (Å²) in [5.41, 5.74) is 6.77. The van der Waals surface area contributed by atoms with Gasteiger partial charge in [0.25, 0.3) is 0 Å². The summed E-state index contributed by atoms with van der Waals surface area (Å²) in [4.78, 5) is 27.1. The van der Waals surface area contributed by atoms with Crippen LogP contribution in [-0.4, -0.2) is 42.5 Å². The Bertz CT molecular complexity index is 741. The van der Waals surface area contributed by atoms with E-state index in [1.165, 1.54) is 18.6 Å². The Balaban J connectivity index is 1.27. The molecule has 3 aliphatic rings. The number of anilines is 1. The summed E-state index contributed by atoms with van der Waals surface area (Å²) in [6.07, 6.45) is 5.33. The Kier molecular flexibility index (Phi) is 5.53. The lowest BCUT2D eigenvalue weighted by molar-refractivity contribution is -0.139. The molecule has 7 heteroatoms. The van der Waals surface area contributed by atoms with Gasteiger partial charge >= 0.3 is 6.03 Å². The summed E-state index contributed by atoms with van der Waals surface area (Å²) in [7, 11) is 0. The number of nitrogens with two attached hydrogens (primary N) is 1. The van der Waals surface area contributed by atoms with E-state index in [1.54, 1.807) is 12.1 Å². The Morgan fingerprint density at radius 3 is 2.79 bits per heavy atom. The molecule has 0 aromatic heterocycles. The monoisotopic (exact) mass is 388 g/mol. The number of rotatable bonds is 4. The number of amides is 3. The third-order valence-electron chi connectivity index (χ3n) is 6.73. The van der Waals surface area contributed by atoms with Crippen LogP contribution in [0, 0.1) is 29.5 Å². The molecule has 6 nitrogen and oxygen atoms in total. The van der Waals surface area contributed by atoms with Gasteiger partial charge in [0.2, 0.25) is 5.91 Å². The fourth-order valence-electron chi connectivity index (χ4n) is 5.32. The van der Waals surface area contributed by atoms with Crippen molar-refractivity contribution < 1.29 is 14.0 Å². The molecule has 5 atom stereocenters. The van der Waals surface area contributed by atoms with E-state index < -0.39 is 5.82 Å². The number of nitrogens with one attached hydrogen (secondary N) is 2. The summed E-state index contributed by atoms with van der Waals surface area (Å²) in [5, 5.41) is 5.49. The van der Waals surface area contributed by atoms with Gasteiger partial charge < -0.3 is 21.3 Å². The second-order valence-electron chi connectivity index (χ2n) is 8.57. The molecular weight excluding hydrogens is 359 g/mol. The van der Waals surface area contributed by atoms with E-state index in [4.69, 9.17) is 5.73 Å². The van der Waals surface area contributed by atoms with Crippen molar-refractivity contribution in [2.75, 3.05) is 25.0 Å². The van der Waals surface area contributed by atoms with Gasteiger partial charge in [-0.3, -0.25) is 4.79 Å². The van der Waals surface area contributed by atoms with E-state index >= 15 is 0 Å². The predicted octanol–water partition coefficient (Wildman–Crippen LogP) is 2.56. The van der Waals surface area contributed by atoms with Gasteiger partial charge in [-0.25, -0.2) is 9.18 Å². The van der Waals surface area contributed by atoms with Crippen molar-refractivity contribution >= 4 is 17.6 Å². The molecule has 1 aliphatic heterocycles. The van der Waals surface area contributed by atoms with Crippen molar-refractivity contribution in [3.63, 3.8) is 0 Å². The molecule has 1 aromatic rings. The lowest BCUT2D eigenvalue weighted by Crippen LogP contribution is -2.51. The number of hydrogen-bond acceptors (Lipinski definition) is 3. The van der Waals surface area contributed by atoms with Crippen molar-refractivity contribution in [2.45, 2.75) is 38.1 Å². The van der Waals surface area contributed by atoms with Crippen LogP contribution in [0.4, 0.5) is 14.9 Å². The minimum Gasteiger partial charge on any atom is -0.342 e. The summed E-state index contributed by atoms with van der Waals surface area (Å²) < 4.78 is 13.2. The molecule has 2 saturated carbocycles. The Labute approximate surface area is 165 Å². The number of urea groups is 1. The van der Waals surface area contributed by atoms with Crippen LogP contribution >= 0.6 is 0 Å². The Morgan fingerprint density at radius 1 is 1.21 bits per heavy atom. The van der Waals surface area contributed by atoms with Crippen LogP contribution in [0.3, 0.4) is 0 Å². The third kappa shape index (κ3) is 3.99. The van der Waals surface area contributed by atoms with E-state index in [-0.39, 0.29) is 29.8 Å². The number of hydrogen-bond donors (Lipinski definition) is 3. The van der Waals surface area contributed by atoms with E-state index in [0.717, 1.165) is 32.2 Å². The largest absolute Gasteiger partial charge is 0.342 e. The topological polar surface area (TPSA) is 87.5 Å². The van der Waals surface area contributed by atoms with Gasteiger partial charge in [-0.1, -0.05) is 6.07 Å². The van der Waals surface area contributed by atoms with Gasteiger partial charge in [0, 0.05) is 31.4 Å². The molecule has 0 spiro atoms. The molecule has 1 aromatic carbocycles. The van der Waals surface area contributed by atoms with Crippen LogP contribution in [0.25, 0.3) is 0 Å².